The summed E-state index contributed by atoms with van der Waals surface area (Å²) < 4.78 is 4.88. The summed E-state index contributed by atoms with van der Waals surface area (Å²) in [4.78, 5) is 21.0. The van der Waals surface area contributed by atoms with Gasteiger partial charge in [0.1, 0.15) is 5.60 Å². The van der Waals surface area contributed by atoms with Crippen LogP contribution in [-0.2, 0) is 31.9 Å². The quantitative estimate of drug-likeness (QED) is 0.762. The van der Waals surface area contributed by atoms with E-state index in [0.29, 0.717) is 0 Å². The Labute approximate surface area is 98.7 Å². The Morgan fingerprint density at radius 3 is 2.21 bits per heavy atom. The number of aliphatic carboxylic acids is 1. The second-order valence-corrected chi connectivity index (χ2v) is 3.57. The number of rotatable bonds is 3. The van der Waals surface area contributed by atoms with Gasteiger partial charge in [-0.2, -0.15) is 0 Å². The SMILES string of the molecule is CC(C)(C)OC(=O)NCCC(=O)O.[Ag]. The van der Waals surface area contributed by atoms with Crippen LogP contribution in [0.2, 0.25) is 0 Å². The van der Waals surface area contributed by atoms with E-state index in [9.17, 15) is 9.59 Å². The first-order valence-electron chi connectivity index (χ1n) is 4.00. The van der Waals surface area contributed by atoms with Crippen molar-refractivity contribution < 1.29 is 41.8 Å². The molecule has 87 valence electrons. The Morgan fingerprint density at radius 1 is 1.36 bits per heavy atom. The molecular weight excluding hydrogens is 282 g/mol. The van der Waals surface area contributed by atoms with Crippen LogP contribution in [0.25, 0.3) is 0 Å². The maximum atomic E-state index is 10.9. The summed E-state index contributed by atoms with van der Waals surface area (Å²) in [6, 6.07) is 0. The van der Waals surface area contributed by atoms with Crippen LogP contribution < -0.4 is 5.32 Å². The van der Waals surface area contributed by atoms with Gasteiger partial charge in [-0.15, -0.1) is 0 Å². The van der Waals surface area contributed by atoms with Gasteiger partial charge < -0.3 is 15.2 Å². The molecule has 0 bridgehead atoms. The standard InChI is InChI=1S/C8H15NO4.Ag/c1-8(2,3)13-7(12)9-5-4-6(10)11;/h4-5H2,1-3H3,(H,9,12)(H,10,11);. The third kappa shape index (κ3) is 11.5. The van der Waals surface area contributed by atoms with Crippen LogP contribution in [-0.4, -0.2) is 29.3 Å². The average molecular weight is 297 g/mol. The fraction of sp³-hybridized carbons (Fsp3) is 0.750. The third-order valence-electron chi connectivity index (χ3n) is 1.01. The predicted molar refractivity (Wildman–Crippen MR) is 46.5 cm³/mol. The molecule has 0 saturated carbocycles. The number of carbonyl (C=O) groups is 2. The second-order valence-electron chi connectivity index (χ2n) is 3.57. The first kappa shape index (κ1) is 15.9. The van der Waals surface area contributed by atoms with Gasteiger partial charge in [-0.1, -0.05) is 0 Å². The molecule has 0 spiro atoms. The van der Waals surface area contributed by atoms with Crippen LogP contribution in [0.5, 0.6) is 0 Å². The van der Waals surface area contributed by atoms with E-state index in [0.717, 1.165) is 0 Å². The molecule has 0 aromatic rings. The van der Waals surface area contributed by atoms with Gasteiger partial charge in [-0.3, -0.25) is 4.79 Å². The minimum absolute atomic E-state index is 0. The number of nitrogens with one attached hydrogen (secondary N) is 1. The molecule has 0 unspecified atom stereocenters. The van der Waals surface area contributed by atoms with E-state index in [2.05, 4.69) is 5.32 Å². The number of alkyl carbamates (subject to hydrolysis) is 1. The topological polar surface area (TPSA) is 75.6 Å². The van der Waals surface area contributed by atoms with Crippen molar-refractivity contribution >= 4 is 12.1 Å². The van der Waals surface area contributed by atoms with Gasteiger partial charge in [0.05, 0.1) is 6.42 Å². The number of hydrogen-bond donors (Lipinski definition) is 2. The minimum Gasteiger partial charge on any atom is -0.481 e. The summed E-state index contributed by atoms with van der Waals surface area (Å²) in [6.07, 6.45) is -0.687. The van der Waals surface area contributed by atoms with Crippen LogP contribution in [0.4, 0.5) is 4.79 Å². The largest absolute Gasteiger partial charge is 0.481 e. The average Bonchev–Trinajstić information content (AvgIpc) is 1.81. The maximum absolute atomic E-state index is 10.9. The predicted octanol–water partition coefficient (Wildman–Crippen LogP) is 0.983. The van der Waals surface area contributed by atoms with E-state index < -0.39 is 17.7 Å². The summed E-state index contributed by atoms with van der Waals surface area (Å²) >= 11 is 0. The van der Waals surface area contributed by atoms with E-state index in [1.54, 1.807) is 20.8 Å². The smallest absolute Gasteiger partial charge is 0.407 e. The number of carbonyl (C=O) groups excluding carboxylic acids is 1. The second kappa shape index (κ2) is 6.86. The van der Waals surface area contributed by atoms with Crippen LogP contribution in [0, 0.1) is 0 Å². The molecule has 0 aliphatic rings. The van der Waals surface area contributed by atoms with Crippen molar-refractivity contribution in [2.45, 2.75) is 32.8 Å². The van der Waals surface area contributed by atoms with Gasteiger partial charge in [0.15, 0.2) is 0 Å². The van der Waals surface area contributed by atoms with Crippen molar-refractivity contribution in [1.29, 1.82) is 0 Å². The van der Waals surface area contributed by atoms with Crippen LogP contribution in [0.3, 0.4) is 0 Å². The normalized spacial score (nSPS) is 9.93. The maximum Gasteiger partial charge on any atom is 0.407 e. The van der Waals surface area contributed by atoms with Crippen molar-refractivity contribution in [2.75, 3.05) is 6.54 Å². The first-order chi connectivity index (χ1) is 5.81. The molecule has 14 heavy (non-hydrogen) atoms. The van der Waals surface area contributed by atoms with Crippen molar-refractivity contribution in [1.82, 2.24) is 5.32 Å². The summed E-state index contributed by atoms with van der Waals surface area (Å²) in [7, 11) is 0. The number of carboxylic acids is 1. The van der Waals surface area contributed by atoms with Crippen LogP contribution in [0.15, 0.2) is 0 Å². The van der Waals surface area contributed by atoms with Gasteiger partial charge in [-0.05, 0) is 20.8 Å². The zero-order chi connectivity index (χ0) is 10.5. The Balaban J connectivity index is 0. The van der Waals surface area contributed by atoms with Crippen molar-refractivity contribution in [3.63, 3.8) is 0 Å². The number of hydrogen-bond acceptors (Lipinski definition) is 3. The molecule has 0 rings (SSSR count). The number of amides is 1. The minimum atomic E-state index is -0.948. The molecule has 2 N–H and O–H groups in total. The Kier molecular flexibility index (Phi) is 7.81. The Morgan fingerprint density at radius 2 is 1.86 bits per heavy atom. The van der Waals surface area contributed by atoms with E-state index >= 15 is 0 Å². The molecule has 0 aromatic carbocycles. The molecule has 0 fully saturated rings. The number of carboxylic acid groups (broad SMARTS) is 1. The van der Waals surface area contributed by atoms with Gasteiger partial charge in [0, 0.05) is 28.9 Å². The zero-order valence-corrected chi connectivity index (χ0v) is 9.87. The van der Waals surface area contributed by atoms with Crippen molar-refractivity contribution in [3.05, 3.63) is 0 Å². The first-order valence-corrected chi connectivity index (χ1v) is 4.00. The Bertz CT molecular complexity index is 200. The third-order valence-corrected chi connectivity index (χ3v) is 1.01. The molecule has 1 radical (unpaired) electrons. The fourth-order valence-electron chi connectivity index (χ4n) is 0.586. The van der Waals surface area contributed by atoms with Crippen molar-refractivity contribution in [2.24, 2.45) is 0 Å². The number of ether oxygens (including phenoxy) is 1. The molecule has 0 heterocycles. The Hall–Kier alpha value is -0.520. The van der Waals surface area contributed by atoms with E-state index in [1.807, 2.05) is 0 Å². The fourth-order valence-corrected chi connectivity index (χ4v) is 0.586. The molecule has 0 aliphatic carbocycles. The summed E-state index contributed by atoms with van der Waals surface area (Å²) in [5.74, 6) is -0.948. The molecule has 5 nitrogen and oxygen atoms in total. The van der Waals surface area contributed by atoms with Gasteiger partial charge in [0.2, 0.25) is 0 Å². The molecule has 0 aliphatic heterocycles. The molecular formula is C8H15AgNO4. The van der Waals surface area contributed by atoms with Gasteiger partial charge in [-0.25, -0.2) is 4.79 Å². The molecule has 1 amide bonds. The molecule has 6 heteroatoms. The summed E-state index contributed by atoms with van der Waals surface area (Å²) in [6.45, 7) is 5.31. The zero-order valence-electron chi connectivity index (χ0n) is 8.39. The van der Waals surface area contributed by atoms with E-state index in [-0.39, 0.29) is 35.3 Å². The molecule has 0 aromatic heterocycles. The summed E-state index contributed by atoms with van der Waals surface area (Å²) in [5.41, 5.74) is -0.548. The molecule has 0 atom stereocenters. The van der Waals surface area contributed by atoms with Crippen molar-refractivity contribution in [3.8, 4) is 0 Å². The van der Waals surface area contributed by atoms with E-state index in [1.165, 1.54) is 0 Å². The van der Waals surface area contributed by atoms with Gasteiger partial charge in [0.25, 0.3) is 0 Å². The molecule has 0 saturated heterocycles. The summed E-state index contributed by atoms with van der Waals surface area (Å²) in [5, 5.41) is 10.6. The monoisotopic (exact) mass is 296 g/mol. The van der Waals surface area contributed by atoms with Gasteiger partial charge >= 0.3 is 12.1 Å². The van der Waals surface area contributed by atoms with Crippen LogP contribution >= 0.6 is 0 Å². The van der Waals surface area contributed by atoms with Crippen LogP contribution in [0.1, 0.15) is 27.2 Å². The van der Waals surface area contributed by atoms with E-state index in [4.69, 9.17) is 9.84 Å².